The van der Waals surface area contributed by atoms with Crippen LogP contribution >= 0.6 is 0 Å². The van der Waals surface area contributed by atoms with E-state index in [-0.39, 0.29) is 37.7 Å². The molecule has 2 aromatic rings. The number of carbonyl (C=O) groups excluding carboxylic acids is 2. The number of benzene rings is 2. The van der Waals surface area contributed by atoms with Crippen LogP contribution in [0.3, 0.4) is 0 Å². The van der Waals surface area contributed by atoms with Gasteiger partial charge >= 0.3 is 0 Å². The van der Waals surface area contributed by atoms with Gasteiger partial charge in [0.1, 0.15) is 17.6 Å². The maximum atomic E-state index is 14.2. The number of likely N-dealkylation sites (N-methyl/N-ethyl adjacent to an activating group) is 1. The highest BCUT2D eigenvalue weighted by Gasteiger charge is 2.27. The summed E-state index contributed by atoms with van der Waals surface area (Å²) in [5, 5.41) is 2.68. The summed E-state index contributed by atoms with van der Waals surface area (Å²) in [5.41, 5.74) is 0.748. The lowest BCUT2D eigenvalue weighted by Crippen LogP contribution is -2.47. The molecule has 0 heterocycles. The van der Waals surface area contributed by atoms with E-state index in [1.54, 1.807) is 56.3 Å². The van der Waals surface area contributed by atoms with Crippen molar-refractivity contribution in [1.29, 1.82) is 0 Å². The van der Waals surface area contributed by atoms with Crippen LogP contribution < -0.4 is 14.4 Å². The number of hydrogen-bond acceptors (Lipinski definition) is 5. The summed E-state index contributed by atoms with van der Waals surface area (Å²) < 4.78 is 45.3. The molecule has 186 valence electrons. The minimum Gasteiger partial charge on any atom is -0.497 e. The van der Waals surface area contributed by atoms with Crippen LogP contribution in [-0.4, -0.2) is 57.6 Å². The summed E-state index contributed by atoms with van der Waals surface area (Å²) in [6.45, 7) is 3.75. The quantitative estimate of drug-likeness (QED) is 0.491. The molecule has 2 amide bonds. The third-order valence-electron chi connectivity index (χ3n) is 5.33. The summed E-state index contributed by atoms with van der Waals surface area (Å²) >= 11 is 0. The van der Waals surface area contributed by atoms with Crippen LogP contribution in [0.15, 0.2) is 48.5 Å². The Labute approximate surface area is 200 Å². The topological polar surface area (TPSA) is 96.0 Å². The molecule has 0 saturated carbocycles. The lowest BCUT2D eigenvalue weighted by atomic mass is 10.1. The van der Waals surface area contributed by atoms with Crippen molar-refractivity contribution in [2.24, 2.45) is 0 Å². The molecule has 0 aliphatic heterocycles. The summed E-state index contributed by atoms with van der Waals surface area (Å²) in [7, 11) is -2.08. The first kappa shape index (κ1) is 27.1. The van der Waals surface area contributed by atoms with Gasteiger partial charge in [0.2, 0.25) is 21.8 Å². The van der Waals surface area contributed by atoms with Crippen molar-refractivity contribution >= 4 is 27.5 Å². The maximum absolute atomic E-state index is 14.2. The Morgan fingerprint density at radius 2 is 1.76 bits per heavy atom. The molecular formula is C24H32FN3O5S. The largest absolute Gasteiger partial charge is 0.497 e. The van der Waals surface area contributed by atoms with E-state index in [1.165, 1.54) is 22.4 Å². The molecule has 0 aliphatic carbocycles. The van der Waals surface area contributed by atoms with Gasteiger partial charge < -0.3 is 15.0 Å². The first-order chi connectivity index (χ1) is 16.1. The third-order valence-corrected chi connectivity index (χ3v) is 6.52. The molecule has 10 heteroatoms. The predicted molar refractivity (Wildman–Crippen MR) is 130 cm³/mol. The van der Waals surface area contributed by atoms with Crippen molar-refractivity contribution in [2.75, 3.05) is 30.8 Å². The molecule has 0 unspecified atom stereocenters. The van der Waals surface area contributed by atoms with Crippen molar-refractivity contribution < 1.29 is 27.1 Å². The van der Waals surface area contributed by atoms with Crippen LogP contribution in [0, 0.1) is 5.82 Å². The van der Waals surface area contributed by atoms with Crippen molar-refractivity contribution in [3.63, 3.8) is 0 Å². The second-order valence-electron chi connectivity index (χ2n) is 7.82. The number of amides is 2. The molecule has 0 bridgehead atoms. The molecule has 0 aliphatic rings. The normalized spacial score (nSPS) is 12.0. The Bertz CT molecular complexity index is 1080. The van der Waals surface area contributed by atoms with Crippen molar-refractivity contribution in [3.05, 3.63) is 59.9 Å². The van der Waals surface area contributed by atoms with Gasteiger partial charge in [0.15, 0.2) is 0 Å². The van der Waals surface area contributed by atoms with Crippen LogP contribution in [0.2, 0.25) is 0 Å². The van der Waals surface area contributed by atoms with Gasteiger partial charge in [-0.1, -0.05) is 18.2 Å². The van der Waals surface area contributed by atoms with E-state index in [2.05, 4.69) is 5.32 Å². The highest BCUT2D eigenvalue weighted by atomic mass is 32.2. The van der Waals surface area contributed by atoms with Crippen LogP contribution in [0.5, 0.6) is 5.75 Å². The third kappa shape index (κ3) is 7.44. The minimum atomic E-state index is -3.59. The fourth-order valence-electron chi connectivity index (χ4n) is 3.47. The first-order valence-electron chi connectivity index (χ1n) is 11.0. The smallest absolute Gasteiger partial charge is 0.242 e. The second kappa shape index (κ2) is 12.4. The van der Waals surface area contributed by atoms with E-state index in [0.29, 0.717) is 23.5 Å². The predicted octanol–water partition coefficient (Wildman–Crippen LogP) is 2.93. The van der Waals surface area contributed by atoms with Gasteiger partial charge in [-0.05, 0) is 50.6 Å². The number of carbonyl (C=O) groups is 2. The van der Waals surface area contributed by atoms with E-state index in [0.717, 1.165) is 6.26 Å². The molecule has 34 heavy (non-hydrogen) atoms. The molecule has 0 spiro atoms. The van der Waals surface area contributed by atoms with Gasteiger partial charge in [-0.3, -0.25) is 13.9 Å². The molecule has 0 aromatic heterocycles. The van der Waals surface area contributed by atoms with E-state index < -0.39 is 21.9 Å². The second-order valence-corrected chi connectivity index (χ2v) is 9.73. The highest BCUT2D eigenvalue weighted by Crippen LogP contribution is 2.22. The molecule has 1 N–H and O–H groups in total. The zero-order valence-electron chi connectivity index (χ0n) is 20.0. The molecule has 0 fully saturated rings. The van der Waals surface area contributed by atoms with E-state index in [9.17, 15) is 22.4 Å². The summed E-state index contributed by atoms with van der Waals surface area (Å²) in [6, 6.07) is 11.8. The Balaban J connectivity index is 2.15. The van der Waals surface area contributed by atoms with Gasteiger partial charge in [0.05, 0.1) is 19.1 Å². The summed E-state index contributed by atoms with van der Waals surface area (Å²) in [5.74, 6) is -0.588. The number of nitrogens with one attached hydrogen (secondary N) is 1. The first-order valence-corrected chi connectivity index (χ1v) is 12.9. The van der Waals surface area contributed by atoms with Gasteiger partial charge in [-0.25, -0.2) is 12.8 Å². The zero-order chi connectivity index (χ0) is 25.3. The van der Waals surface area contributed by atoms with Crippen LogP contribution in [0.25, 0.3) is 0 Å². The molecule has 1 atom stereocenters. The monoisotopic (exact) mass is 493 g/mol. The molecular weight excluding hydrogens is 461 g/mol. The number of hydrogen-bond donors (Lipinski definition) is 1. The Morgan fingerprint density at radius 3 is 2.32 bits per heavy atom. The molecule has 0 saturated heterocycles. The number of nitrogens with zero attached hydrogens (tertiary/aromatic N) is 2. The van der Waals surface area contributed by atoms with Crippen LogP contribution in [-0.2, 0) is 26.2 Å². The number of ether oxygens (including phenoxy) is 1. The number of sulfonamides is 1. The van der Waals surface area contributed by atoms with E-state index in [4.69, 9.17) is 4.74 Å². The number of anilines is 1. The standard InChI is InChI=1S/C24H32FN3O5S/c1-5-26-24(30)18(2)27(17-19-9-6-7-10-22(19)25)23(29)11-8-16-28(34(4,31)32)20-12-14-21(33-3)15-13-20/h6-7,9-10,12-15,18H,5,8,11,16-17H2,1-4H3,(H,26,30)/t18-/m1/s1. The summed E-state index contributed by atoms with van der Waals surface area (Å²) in [6.07, 6.45) is 1.30. The van der Waals surface area contributed by atoms with Crippen molar-refractivity contribution in [2.45, 2.75) is 39.3 Å². The van der Waals surface area contributed by atoms with Crippen LogP contribution in [0.1, 0.15) is 32.3 Å². The number of rotatable bonds is 12. The Morgan fingerprint density at radius 1 is 1.12 bits per heavy atom. The maximum Gasteiger partial charge on any atom is 0.242 e. The van der Waals surface area contributed by atoms with Gasteiger partial charge in [-0.2, -0.15) is 0 Å². The average molecular weight is 494 g/mol. The van der Waals surface area contributed by atoms with E-state index in [1.807, 2.05) is 0 Å². The Hall–Kier alpha value is -3.14. The summed E-state index contributed by atoms with van der Waals surface area (Å²) in [4.78, 5) is 26.8. The van der Waals surface area contributed by atoms with Gasteiger partial charge in [0, 0.05) is 31.6 Å². The lowest BCUT2D eigenvalue weighted by molar-refractivity contribution is -0.140. The molecule has 2 aromatic carbocycles. The number of halogens is 1. The van der Waals surface area contributed by atoms with Gasteiger partial charge in [-0.15, -0.1) is 0 Å². The number of methoxy groups -OCH3 is 1. The molecule has 8 nitrogen and oxygen atoms in total. The lowest BCUT2D eigenvalue weighted by Gasteiger charge is -2.29. The highest BCUT2D eigenvalue weighted by molar-refractivity contribution is 7.92. The minimum absolute atomic E-state index is 0.0135. The SMILES string of the molecule is CCNC(=O)[C@@H](C)N(Cc1ccccc1F)C(=O)CCCN(c1ccc(OC)cc1)S(C)(=O)=O. The molecule has 0 radical (unpaired) electrons. The average Bonchev–Trinajstić information content (AvgIpc) is 2.80. The fraction of sp³-hybridized carbons (Fsp3) is 0.417. The zero-order valence-corrected chi connectivity index (χ0v) is 20.8. The van der Waals surface area contributed by atoms with Crippen LogP contribution in [0.4, 0.5) is 10.1 Å². The van der Waals surface area contributed by atoms with Crippen molar-refractivity contribution in [1.82, 2.24) is 10.2 Å². The fourth-order valence-corrected chi connectivity index (χ4v) is 4.43. The van der Waals surface area contributed by atoms with Crippen molar-refractivity contribution in [3.8, 4) is 5.75 Å². The van der Waals surface area contributed by atoms with Gasteiger partial charge in [0.25, 0.3) is 0 Å². The van der Waals surface area contributed by atoms with E-state index >= 15 is 0 Å². The Kier molecular flexibility index (Phi) is 9.85. The molecule has 2 rings (SSSR count).